The third kappa shape index (κ3) is 2.79. The van der Waals surface area contributed by atoms with E-state index in [0.29, 0.717) is 13.0 Å². The largest absolute Gasteiger partial charge is 0.469 e. The first-order valence-corrected chi connectivity index (χ1v) is 4.16. The van der Waals surface area contributed by atoms with Crippen molar-refractivity contribution in [1.29, 1.82) is 0 Å². The fraction of sp³-hybridized carbons (Fsp3) is 0.875. The molecule has 2 N–H and O–H groups in total. The number of hydrogen-bond acceptors (Lipinski definition) is 4. The number of methoxy groups -OCH3 is 1. The van der Waals surface area contributed by atoms with Crippen LogP contribution in [0, 0.1) is 0 Å². The second-order valence-corrected chi connectivity index (χ2v) is 3.06. The average molecular weight is 173 g/mol. The molecule has 2 atom stereocenters. The Kier molecular flexibility index (Phi) is 3.49. The van der Waals surface area contributed by atoms with Crippen molar-refractivity contribution in [1.82, 2.24) is 0 Å². The summed E-state index contributed by atoms with van der Waals surface area (Å²) in [5.74, 6) is -0.228. The predicted molar refractivity (Wildman–Crippen MR) is 43.6 cm³/mol. The summed E-state index contributed by atoms with van der Waals surface area (Å²) in [5, 5.41) is 0. The molecule has 0 spiro atoms. The van der Waals surface area contributed by atoms with Gasteiger partial charge in [0.1, 0.15) is 0 Å². The Labute approximate surface area is 72.0 Å². The highest BCUT2D eigenvalue weighted by Gasteiger charge is 2.22. The van der Waals surface area contributed by atoms with Gasteiger partial charge < -0.3 is 15.2 Å². The van der Waals surface area contributed by atoms with E-state index in [1.165, 1.54) is 7.11 Å². The van der Waals surface area contributed by atoms with Crippen LogP contribution >= 0.6 is 0 Å². The van der Waals surface area contributed by atoms with E-state index < -0.39 is 0 Å². The van der Waals surface area contributed by atoms with Crippen molar-refractivity contribution in [2.75, 3.05) is 13.7 Å². The van der Waals surface area contributed by atoms with Crippen LogP contribution in [0.5, 0.6) is 0 Å². The summed E-state index contributed by atoms with van der Waals surface area (Å²) in [6, 6.07) is 0.174. The first-order chi connectivity index (χ1) is 5.72. The molecule has 1 rings (SSSR count). The van der Waals surface area contributed by atoms with Gasteiger partial charge >= 0.3 is 5.97 Å². The number of esters is 1. The molecule has 0 aromatic carbocycles. The first kappa shape index (κ1) is 9.48. The smallest absolute Gasteiger partial charge is 0.308 e. The monoisotopic (exact) mass is 173 g/mol. The van der Waals surface area contributed by atoms with Gasteiger partial charge in [-0.05, 0) is 12.8 Å². The van der Waals surface area contributed by atoms with Crippen LogP contribution in [0.15, 0.2) is 0 Å². The number of ether oxygens (including phenoxy) is 2. The topological polar surface area (TPSA) is 61.5 Å². The van der Waals surface area contributed by atoms with Gasteiger partial charge in [-0.3, -0.25) is 4.79 Å². The van der Waals surface area contributed by atoms with Crippen LogP contribution in [0.2, 0.25) is 0 Å². The van der Waals surface area contributed by atoms with E-state index in [9.17, 15) is 4.79 Å². The standard InChI is InChI=1S/C8H15NO3/c1-11-8(10)5-7-4-6(9)2-3-12-7/h6-7H,2-5,9H2,1H3. The highest BCUT2D eigenvalue weighted by molar-refractivity contribution is 5.69. The van der Waals surface area contributed by atoms with Gasteiger partial charge in [0, 0.05) is 12.6 Å². The molecule has 0 aromatic heterocycles. The minimum Gasteiger partial charge on any atom is -0.469 e. The van der Waals surface area contributed by atoms with Gasteiger partial charge in [-0.2, -0.15) is 0 Å². The number of carbonyl (C=O) groups excluding carboxylic acids is 1. The van der Waals surface area contributed by atoms with Gasteiger partial charge in [0.25, 0.3) is 0 Å². The molecule has 1 aliphatic heterocycles. The van der Waals surface area contributed by atoms with E-state index in [1.807, 2.05) is 0 Å². The van der Waals surface area contributed by atoms with Gasteiger partial charge in [-0.15, -0.1) is 0 Å². The van der Waals surface area contributed by atoms with Crippen LogP contribution in [0.4, 0.5) is 0 Å². The maximum Gasteiger partial charge on any atom is 0.308 e. The van der Waals surface area contributed by atoms with Gasteiger partial charge in [-0.25, -0.2) is 0 Å². The molecule has 0 radical (unpaired) electrons. The van der Waals surface area contributed by atoms with E-state index in [-0.39, 0.29) is 18.1 Å². The lowest BCUT2D eigenvalue weighted by molar-refractivity contribution is -0.144. The van der Waals surface area contributed by atoms with Crippen LogP contribution in [-0.2, 0) is 14.3 Å². The Bertz CT molecular complexity index is 160. The summed E-state index contributed by atoms with van der Waals surface area (Å²) in [6.07, 6.45) is 1.93. The zero-order valence-electron chi connectivity index (χ0n) is 7.29. The average Bonchev–Trinajstić information content (AvgIpc) is 2.04. The van der Waals surface area contributed by atoms with Gasteiger partial charge in [0.2, 0.25) is 0 Å². The van der Waals surface area contributed by atoms with E-state index in [4.69, 9.17) is 10.5 Å². The van der Waals surface area contributed by atoms with E-state index in [2.05, 4.69) is 4.74 Å². The molecule has 0 aliphatic carbocycles. The number of rotatable bonds is 2. The SMILES string of the molecule is COC(=O)CC1CC(N)CCO1. The molecule has 0 saturated carbocycles. The number of carbonyl (C=O) groups is 1. The summed E-state index contributed by atoms with van der Waals surface area (Å²) < 4.78 is 9.87. The van der Waals surface area contributed by atoms with Gasteiger partial charge in [-0.1, -0.05) is 0 Å². The molecule has 0 aromatic rings. The van der Waals surface area contributed by atoms with Crippen LogP contribution in [-0.4, -0.2) is 31.8 Å². The lowest BCUT2D eigenvalue weighted by Crippen LogP contribution is -2.35. The highest BCUT2D eigenvalue weighted by atomic mass is 16.5. The fourth-order valence-corrected chi connectivity index (χ4v) is 1.32. The second-order valence-electron chi connectivity index (χ2n) is 3.06. The van der Waals surface area contributed by atoms with Crippen LogP contribution in [0.1, 0.15) is 19.3 Å². The van der Waals surface area contributed by atoms with Crippen molar-refractivity contribution >= 4 is 5.97 Å². The molecule has 0 bridgehead atoms. The molecule has 4 nitrogen and oxygen atoms in total. The maximum atomic E-state index is 10.8. The Morgan fingerprint density at radius 3 is 3.08 bits per heavy atom. The molecular weight excluding hydrogens is 158 g/mol. The van der Waals surface area contributed by atoms with Crippen LogP contribution in [0.3, 0.4) is 0 Å². The zero-order valence-corrected chi connectivity index (χ0v) is 7.29. The molecular formula is C8H15NO3. The summed E-state index contributed by atoms with van der Waals surface area (Å²) in [5.41, 5.74) is 5.71. The number of nitrogens with two attached hydrogens (primary N) is 1. The Balaban J connectivity index is 2.27. The number of hydrogen-bond donors (Lipinski definition) is 1. The van der Waals surface area contributed by atoms with Crippen molar-refractivity contribution < 1.29 is 14.3 Å². The normalized spacial score (nSPS) is 29.8. The molecule has 0 amide bonds. The van der Waals surface area contributed by atoms with Crippen molar-refractivity contribution in [3.63, 3.8) is 0 Å². The van der Waals surface area contributed by atoms with Crippen molar-refractivity contribution in [3.8, 4) is 0 Å². The maximum absolute atomic E-state index is 10.8. The quantitative estimate of drug-likeness (QED) is 0.600. The summed E-state index contributed by atoms with van der Waals surface area (Å²) >= 11 is 0. The minimum atomic E-state index is -0.228. The molecule has 2 unspecified atom stereocenters. The lowest BCUT2D eigenvalue weighted by Gasteiger charge is -2.26. The van der Waals surface area contributed by atoms with Crippen LogP contribution in [0.25, 0.3) is 0 Å². The van der Waals surface area contributed by atoms with E-state index in [0.717, 1.165) is 12.8 Å². The summed E-state index contributed by atoms with van der Waals surface area (Å²) in [7, 11) is 1.38. The highest BCUT2D eigenvalue weighted by Crippen LogP contribution is 2.15. The second kappa shape index (κ2) is 4.42. The molecule has 1 saturated heterocycles. The lowest BCUT2D eigenvalue weighted by atomic mass is 10.0. The molecule has 70 valence electrons. The molecule has 1 fully saturated rings. The van der Waals surface area contributed by atoms with Crippen molar-refractivity contribution in [2.24, 2.45) is 5.73 Å². The molecule has 1 aliphatic rings. The van der Waals surface area contributed by atoms with E-state index in [1.54, 1.807) is 0 Å². The molecule has 12 heavy (non-hydrogen) atoms. The van der Waals surface area contributed by atoms with Gasteiger partial charge in [0.15, 0.2) is 0 Å². The van der Waals surface area contributed by atoms with Crippen LogP contribution < -0.4 is 5.73 Å². The first-order valence-electron chi connectivity index (χ1n) is 4.16. The van der Waals surface area contributed by atoms with Crippen molar-refractivity contribution in [3.05, 3.63) is 0 Å². The molecule has 4 heteroatoms. The summed E-state index contributed by atoms with van der Waals surface area (Å²) in [6.45, 7) is 0.656. The Hall–Kier alpha value is -0.610. The Morgan fingerprint density at radius 2 is 2.50 bits per heavy atom. The zero-order chi connectivity index (χ0) is 8.97. The third-order valence-electron chi connectivity index (χ3n) is 2.03. The minimum absolute atomic E-state index is 0.0406. The van der Waals surface area contributed by atoms with E-state index >= 15 is 0 Å². The Morgan fingerprint density at radius 1 is 1.75 bits per heavy atom. The fourth-order valence-electron chi connectivity index (χ4n) is 1.32. The van der Waals surface area contributed by atoms with Crippen molar-refractivity contribution in [2.45, 2.75) is 31.4 Å². The summed E-state index contributed by atoms with van der Waals surface area (Å²) in [4.78, 5) is 10.8. The predicted octanol–water partition coefficient (Wildman–Crippen LogP) is 0.0558. The van der Waals surface area contributed by atoms with Gasteiger partial charge in [0.05, 0.1) is 19.6 Å². The third-order valence-corrected chi connectivity index (χ3v) is 2.03. The molecule has 1 heterocycles.